The normalized spacial score (nSPS) is 11.6. The van der Waals surface area contributed by atoms with E-state index in [0.717, 1.165) is 34.5 Å². The van der Waals surface area contributed by atoms with Crippen LogP contribution in [0, 0.1) is 6.92 Å². The third-order valence-corrected chi connectivity index (χ3v) is 5.85. The molecule has 0 spiro atoms. The number of benzene rings is 1. The summed E-state index contributed by atoms with van der Waals surface area (Å²) in [6.07, 6.45) is 4.48. The van der Waals surface area contributed by atoms with Crippen LogP contribution in [0.25, 0.3) is 28.3 Å². The number of imidazole rings is 1. The molecule has 0 aliphatic carbocycles. The summed E-state index contributed by atoms with van der Waals surface area (Å²) in [5.41, 5.74) is 5.69. The fourth-order valence-corrected chi connectivity index (χ4v) is 4.29. The van der Waals surface area contributed by atoms with Gasteiger partial charge in [-0.05, 0) is 43.3 Å². The van der Waals surface area contributed by atoms with Crippen molar-refractivity contribution >= 4 is 33.0 Å². The van der Waals surface area contributed by atoms with Gasteiger partial charge in [-0.1, -0.05) is 18.2 Å². The van der Waals surface area contributed by atoms with Crippen LogP contribution in [0.3, 0.4) is 0 Å². The summed E-state index contributed by atoms with van der Waals surface area (Å²) < 4.78 is 28.0. The molecule has 0 bridgehead atoms. The van der Waals surface area contributed by atoms with Crippen molar-refractivity contribution in [2.24, 2.45) is 0 Å². The molecule has 4 heterocycles. The monoisotopic (exact) mass is 474 g/mol. The van der Waals surface area contributed by atoms with Crippen molar-refractivity contribution in [3.63, 3.8) is 0 Å². The first-order valence-corrected chi connectivity index (χ1v) is 12.3. The molecule has 1 aromatic carbocycles. The fourth-order valence-electron chi connectivity index (χ4n) is 3.72. The second-order valence-corrected chi connectivity index (χ2v) is 9.63. The van der Waals surface area contributed by atoms with Crippen LogP contribution < -0.4 is 9.62 Å². The zero-order valence-electron chi connectivity index (χ0n) is 18.8. The van der Waals surface area contributed by atoms with Gasteiger partial charge in [0.1, 0.15) is 12.0 Å². The molecule has 5 aromatic rings. The van der Waals surface area contributed by atoms with E-state index in [9.17, 15) is 8.42 Å². The van der Waals surface area contributed by atoms with E-state index in [1.54, 1.807) is 21.5 Å². The van der Waals surface area contributed by atoms with Crippen LogP contribution in [0.2, 0.25) is 0 Å². The highest BCUT2D eigenvalue weighted by molar-refractivity contribution is 7.92. The molecule has 0 atom stereocenters. The van der Waals surface area contributed by atoms with E-state index >= 15 is 0 Å². The highest BCUT2D eigenvalue weighted by atomic mass is 32.2. The van der Waals surface area contributed by atoms with E-state index in [-0.39, 0.29) is 0 Å². The van der Waals surface area contributed by atoms with Crippen molar-refractivity contribution in [2.75, 3.05) is 22.9 Å². The number of pyridine rings is 2. The van der Waals surface area contributed by atoms with Crippen LogP contribution >= 0.6 is 0 Å². The van der Waals surface area contributed by atoms with E-state index in [1.165, 1.54) is 6.33 Å². The Kier molecular flexibility index (Phi) is 5.25. The highest BCUT2D eigenvalue weighted by Gasteiger charge is 2.20. The fraction of sp³-hybridized carbons (Fsp3) is 0.130. The number of H-pyrrole nitrogens is 1. The van der Waals surface area contributed by atoms with Gasteiger partial charge in [-0.25, -0.2) is 22.9 Å². The molecule has 34 heavy (non-hydrogen) atoms. The number of nitrogens with one attached hydrogen (secondary N) is 2. The van der Waals surface area contributed by atoms with Crippen LogP contribution in [0.1, 0.15) is 5.69 Å². The van der Waals surface area contributed by atoms with Crippen molar-refractivity contribution in [2.45, 2.75) is 6.92 Å². The first-order valence-electron chi connectivity index (χ1n) is 10.4. The molecular formula is C23H22N8O2S. The first-order chi connectivity index (χ1) is 16.3. The van der Waals surface area contributed by atoms with Crippen LogP contribution in [-0.4, -0.2) is 51.3 Å². The quantitative estimate of drug-likeness (QED) is 0.385. The summed E-state index contributed by atoms with van der Waals surface area (Å²) >= 11 is 0. The van der Waals surface area contributed by atoms with Crippen molar-refractivity contribution in [1.29, 1.82) is 0 Å². The second kappa shape index (κ2) is 8.27. The topological polar surface area (TPSA) is 121 Å². The maximum Gasteiger partial charge on any atom is 0.229 e. The molecule has 5 rings (SSSR count). The molecule has 11 heteroatoms. The lowest BCUT2D eigenvalue weighted by atomic mass is 10.1. The van der Waals surface area contributed by atoms with Gasteiger partial charge in [-0.15, -0.1) is 0 Å². The number of hydrogen-bond donors (Lipinski definition) is 2. The van der Waals surface area contributed by atoms with E-state index in [1.807, 2.05) is 62.6 Å². The molecule has 4 aromatic heterocycles. The van der Waals surface area contributed by atoms with E-state index in [4.69, 9.17) is 4.98 Å². The van der Waals surface area contributed by atoms with Gasteiger partial charge in [-0.3, -0.25) is 9.71 Å². The predicted molar refractivity (Wildman–Crippen MR) is 132 cm³/mol. The summed E-state index contributed by atoms with van der Waals surface area (Å²) in [4.78, 5) is 18.9. The molecule has 0 unspecified atom stereocenters. The number of nitrogens with zero attached hydrogens (tertiary/aromatic N) is 6. The third kappa shape index (κ3) is 4.20. The minimum Gasteiger partial charge on any atom is -0.322 e. The maximum absolute atomic E-state index is 11.9. The van der Waals surface area contributed by atoms with Crippen LogP contribution in [0.15, 0.2) is 67.1 Å². The number of hydrogen-bond acceptors (Lipinski definition) is 7. The molecule has 0 saturated heterocycles. The number of aromatic nitrogens is 6. The lowest BCUT2D eigenvalue weighted by Gasteiger charge is -2.20. The number of rotatable bonds is 6. The molecule has 0 fully saturated rings. The van der Waals surface area contributed by atoms with Crippen molar-refractivity contribution in [1.82, 2.24) is 29.5 Å². The summed E-state index contributed by atoms with van der Waals surface area (Å²) in [7, 11) is -1.64. The van der Waals surface area contributed by atoms with Gasteiger partial charge >= 0.3 is 0 Å². The first kappa shape index (κ1) is 21.6. The Bertz CT molecular complexity index is 1610. The Morgan fingerprint density at radius 1 is 1.03 bits per heavy atom. The molecule has 0 radical (unpaired) electrons. The van der Waals surface area contributed by atoms with Crippen molar-refractivity contribution < 1.29 is 8.42 Å². The standard InChI is InChI=1S/C23H22N8O2S/c1-15-7-6-9-18(26-15)22-21(16-11-12-20-24-14-25-31(20)13-16)27-23(28-22)30(2)19-10-5-4-8-17(19)29-34(3,32)33/h4-14,29H,1-3H3,(H,27,28). The highest BCUT2D eigenvalue weighted by Crippen LogP contribution is 2.35. The third-order valence-electron chi connectivity index (χ3n) is 5.26. The van der Waals surface area contributed by atoms with Crippen LogP contribution in [0.4, 0.5) is 17.3 Å². The lowest BCUT2D eigenvalue weighted by Crippen LogP contribution is -2.16. The largest absolute Gasteiger partial charge is 0.322 e. The van der Waals surface area contributed by atoms with Gasteiger partial charge in [0, 0.05) is 24.5 Å². The smallest absolute Gasteiger partial charge is 0.229 e. The van der Waals surface area contributed by atoms with Crippen molar-refractivity contribution in [3.05, 3.63) is 72.8 Å². The summed E-state index contributed by atoms with van der Waals surface area (Å²) in [6, 6.07) is 16.7. The van der Waals surface area contributed by atoms with Gasteiger partial charge in [0.25, 0.3) is 0 Å². The summed E-state index contributed by atoms with van der Waals surface area (Å²) in [5, 5.41) is 4.23. The maximum atomic E-state index is 11.9. The molecule has 0 saturated carbocycles. The molecular weight excluding hydrogens is 452 g/mol. The molecule has 0 amide bonds. The van der Waals surface area contributed by atoms with Gasteiger partial charge in [-0.2, -0.15) is 5.10 Å². The predicted octanol–water partition coefficient (Wildman–Crippen LogP) is 3.63. The SMILES string of the molecule is Cc1cccc(-c2[nH]c(N(C)c3ccccc3NS(C)(=O)=O)nc2-c2ccc3ncnn3c2)n1. The zero-order valence-corrected chi connectivity index (χ0v) is 19.6. The van der Waals surface area contributed by atoms with Crippen LogP contribution in [0.5, 0.6) is 0 Å². The summed E-state index contributed by atoms with van der Waals surface area (Å²) in [6.45, 7) is 1.93. The van der Waals surface area contributed by atoms with Gasteiger partial charge in [0.05, 0.1) is 29.0 Å². The van der Waals surface area contributed by atoms with Gasteiger partial charge < -0.3 is 9.88 Å². The molecule has 2 N–H and O–H groups in total. The van der Waals surface area contributed by atoms with E-state index in [0.29, 0.717) is 23.0 Å². The molecule has 0 aliphatic heterocycles. The Morgan fingerprint density at radius 3 is 2.65 bits per heavy atom. The Balaban J connectivity index is 1.65. The molecule has 10 nitrogen and oxygen atoms in total. The summed E-state index contributed by atoms with van der Waals surface area (Å²) in [5.74, 6) is 0.523. The second-order valence-electron chi connectivity index (χ2n) is 7.88. The Morgan fingerprint density at radius 2 is 1.85 bits per heavy atom. The zero-order chi connectivity index (χ0) is 23.9. The van der Waals surface area contributed by atoms with Crippen LogP contribution in [-0.2, 0) is 10.0 Å². The number of sulfonamides is 1. The number of fused-ring (bicyclic) bond motifs is 1. The Hall–Kier alpha value is -4.25. The van der Waals surface area contributed by atoms with E-state index in [2.05, 4.69) is 24.8 Å². The number of anilines is 3. The van der Waals surface area contributed by atoms with E-state index < -0.39 is 10.0 Å². The average molecular weight is 475 g/mol. The molecule has 0 aliphatic rings. The van der Waals surface area contributed by atoms with Gasteiger partial charge in [0.2, 0.25) is 16.0 Å². The lowest BCUT2D eigenvalue weighted by molar-refractivity contribution is 0.607. The van der Waals surface area contributed by atoms with Gasteiger partial charge in [0.15, 0.2) is 5.65 Å². The average Bonchev–Trinajstić information content (AvgIpc) is 3.45. The minimum absolute atomic E-state index is 0.449. The number of aryl methyl sites for hydroxylation is 1. The minimum atomic E-state index is -3.46. The molecule has 172 valence electrons. The number of para-hydroxylation sites is 2. The Labute approximate surface area is 196 Å². The van der Waals surface area contributed by atoms with Crippen molar-refractivity contribution in [3.8, 4) is 22.6 Å². The number of aromatic amines is 1.